The zero-order valence-corrected chi connectivity index (χ0v) is 14.5. The minimum absolute atomic E-state index is 0.104. The molecule has 0 saturated heterocycles. The molecular formula is C17H17NO3S2. The van der Waals surface area contributed by atoms with Crippen molar-refractivity contribution in [3.8, 4) is 0 Å². The second-order valence-electron chi connectivity index (χ2n) is 5.36. The average Bonchev–Trinajstić information content (AvgIpc) is 3.26. The molecule has 6 heteroatoms. The van der Waals surface area contributed by atoms with Crippen LogP contribution in [-0.2, 0) is 5.60 Å². The molecule has 0 aliphatic rings. The van der Waals surface area contributed by atoms with Crippen LogP contribution in [0, 0.1) is 13.8 Å². The van der Waals surface area contributed by atoms with Crippen LogP contribution in [0.2, 0.25) is 0 Å². The van der Waals surface area contributed by atoms with Gasteiger partial charge in [-0.1, -0.05) is 6.07 Å². The van der Waals surface area contributed by atoms with Crippen LogP contribution >= 0.6 is 22.7 Å². The molecule has 0 saturated carbocycles. The molecule has 120 valence electrons. The lowest BCUT2D eigenvalue weighted by Crippen LogP contribution is -2.41. The van der Waals surface area contributed by atoms with Gasteiger partial charge in [0.15, 0.2) is 0 Å². The highest BCUT2D eigenvalue weighted by Crippen LogP contribution is 2.33. The predicted octanol–water partition coefficient (Wildman–Crippen LogP) is 3.69. The molecule has 0 aliphatic heterocycles. The molecule has 3 heterocycles. The van der Waals surface area contributed by atoms with E-state index in [1.54, 1.807) is 19.9 Å². The minimum Gasteiger partial charge on any atom is -0.466 e. The van der Waals surface area contributed by atoms with Crippen molar-refractivity contribution in [3.05, 3.63) is 67.9 Å². The Bertz CT molecular complexity index is 754. The minimum atomic E-state index is -1.23. The zero-order chi connectivity index (χ0) is 16.4. The topological polar surface area (TPSA) is 62.5 Å². The quantitative estimate of drug-likeness (QED) is 0.740. The van der Waals surface area contributed by atoms with Crippen molar-refractivity contribution in [3.63, 3.8) is 0 Å². The lowest BCUT2D eigenvalue weighted by atomic mass is 9.94. The van der Waals surface area contributed by atoms with E-state index in [0.29, 0.717) is 17.1 Å². The standard InChI is InChI=1S/C17H17NO3S2/c1-11-8-14(12(2)21-11)16(19)18-10-17(20,13-5-7-22-9-13)15-4-3-6-23-15/h3-9,20H,10H2,1-2H3,(H,18,19)/t17-/m1/s1. The van der Waals surface area contributed by atoms with E-state index in [0.717, 1.165) is 10.4 Å². The number of carbonyl (C=O) groups excluding carboxylic acids is 1. The fourth-order valence-corrected chi connectivity index (χ4v) is 4.07. The summed E-state index contributed by atoms with van der Waals surface area (Å²) >= 11 is 2.98. The number of furan rings is 1. The first-order valence-electron chi connectivity index (χ1n) is 7.15. The van der Waals surface area contributed by atoms with E-state index >= 15 is 0 Å². The number of rotatable bonds is 5. The monoisotopic (exact) mass is 347 g/mol. The van der Waals surface area contributed by atoms with E-state index in [1.165, 1.54) is 22.7 Å². The highest BCUT2D eigenvalue weighted by Gasteiger charge is 2.34. The molecule has 4 nitrogen and oxygen atoms in total. The zero-order valence-electron chi connectivity index (χ0n) is 12.8. The molecule has 0 unspecified atom stereocenters. The maximum Gasteiger partial charge on any atom is 0.254 e. The van der Waals surface area contributed by atoms with E-state index in [2.05, 4.69) is 5.32 Å². The van der Waals surface area contributed by atoms with Gasteiger partial charge in [-0.2, -0.15) is 11.3 Å². The van der Waals surface area contributed by atoms with Crippen molar-refractivity contribution in [1.29, 1.82) is 0 Å². The second kappa shape index (κ2) is 6.31. The molecule has 3 aromatic heterocycles. The number of amides is 1. The lowest BCUT2D eigenvalue weighted by Gasteiger charge is -2.26. The molecule has 3 rings (SSSR count). The summed E-state index contributed by atoms with van der Waals surface area (Å²) in [4.78, 5) is 13.2. The van der Waals surface area contributed by atoms with Crippen LogP contribution in [0.15, 0.2) is 44.8 Å². The smallest absolute Gasteiger partial charge is 0.254 e. The summed E-state index contributed by atoms with van der Waals surface area (Å²) < 4.78 is 5.39. The van der Waals surface area contributed by atoms with Crippen LogP contribution in [0.3, 0.4) is 0 Å². The van der Waals surface area contributed by atoms with Gasteiger partial charge in [-0.25, -0.2) is 0 Å². The van der Waals surface area contributed by atoms with Gasteiger partial charge in [0.25, 0.3) is 5.91 Å². The highest BCUT2D eigenvalue weighted by molar-refractivity contribution is 7.10. The van der Waals surface area contributed by atoms with Crippen molar-refractivity contribution in [2.75, 3.05) is 6.54 Å². The van der Waals surface area contributed by atoms with E-state index in [4.69, 9.17) is 4.42 Å². The number of carbonyl (C=O) groups is 1. The van der Waals surface area contributed by atoms with Crippen LogP contribution < -0.4 is 5.32 Å². The predicted molar refractivity (Wildman–Crippen MR) is 92.2 cm³/mol. The van der Waals surface area contributed by atoms with Crippen molar-refractivity contribution >= 4 is 28.6 Å². The average molecular weight is 347 g/mol. The van der Waals surface area contributed by atoms with Crippen molar-refractivity contribution in [1.82, 2.24) is 5.32 Å². The molecule has 0 spiro atoms. The van der Waals surface area contributed by atoms with Crippen LogP contribution in [-0.4, -0.2) is 17.6 Å². The molecule has 0 radical (unpaired) electrons. The van der Waals surface area contributed by atoms with Gasteiger partial charge in [-0.3, -0.25) is 4.79 Å². The van der Waals surface area contributed by atoms with Crippen LogP contribution in [0.5, 0.6) is 0 Å². The summed E-state index contributed by atoms with van der Waals surface area (Å²) in [7, 11) is 0. The molecule has 1 amide bonds. The number of hydrogen-bond acceptors (Lipinski definition) is 5. The van der Waals surface area contributed by atoms with Crippen molar-refractivity contribution < 1.29 is 14.3 Å². The number of aliphatic hydroxyl groups is 1. The van der Waals surface area contributed by atoms with Gasteiger partial charge in [-0.05, 0) is 48.2 Å². The van der Waals surface area contributed by atoms with E-state index in [-0.39, 0.29) is 12.5 Å². The normalized spacial score (nSPS) is 13.7. The SMILES string of the molecule is Cc1cc(C(=O)NC[C@@](O)(c2ccsc2)c2cccs2)c(C)o1. The Kier molecular flexibility index (Phi) is 4.39. The Morgan fingerprint density at radius 1 is 1.35 bits per heavy atom. The summed E-state index contributed by atoms with van der Waals surface area (Å²) in [6.07, 6.45) is 0. The van der Waals surface area contributed by atoms with E-state index in [9.17, 15) is 9.90 Å². The Morgan fingerprint density at radius 2 is 2.17 bits per heavy atom. The molecule has 2 N–H and O–H groups in total. The lowest BCUT2D eigenvalue weighted by molar-refractivity contribution is 0.0720. The first-order valence-corrected chi connectivity index (χ1v) is 8.97. The summed E-state index contributed by atoms with van der Waals surface area (Å²) in [5.41, 5.74) is 0.0583. The third-order valence-electron chi connectivity index (χ3n) is 3.72. The molecule has 3 aromatic rings. The van der Waals surface area contributed by atoms with Gasteiger partial charge in [0.2, 0.25) is 0 Å². The summed E-state index contributed by atoms with van der Waals surface area (Å²) in [6, 6.07) is 7.35. The van der Waals surface area contributed by atoms with Crippen molar-refractivity contribution in [2.24, 2.45) is 0 Å². The molecule has 1 atom stereocenters. The van der Waals surface area contributed by atoms with Crippen LogP contribution in [0.1, 0.15) is 32.3 Å². The Balaban J connectivity index is 1.83. The fourth-order valence-electron chi connectivity index (χ4n) is 2.50. The first kappa shape index (κ1) is 16.0. The van der Waals surface area contributed by atoms with Gasteiger partial charge in [-0.15, -0.1) is 11.3 Å². The molecule has 0 bridgehead atoms. The fraction of sp³-hybridized carbons (Fsp3) is 0.235. The third kappa shape index (κ3) is 3.10. The number of hydrogen-bond donors (Lipinski definition) is 2. The first-order chi connectivity index (χ1) is 11.0. The van der Waals surface area contributed by atoms with Crippen LogP contribution in [0.4, 0.5) is 0 Å². The van der Waals surface area contributed by atoms with Gasteiger partial charge < -0.3 is 14.8 Å². The Morgan fingerprint density at radius 3 is 2.74 bits per heavy atom. The maximum absolute atomic E-state index is 12.4. The second-order valence-corrected chi connectivity index (χ2v) is 7.09. The summed E-state index contributed by atoms with van der Waals surface area (Å²) in [6.45, 7) is 3.66. The number of thiophene rings is 2. The maximum atomic E-state index is 12.4. The largest absolute Gasteiger partial charge is 0.466 e. The van der Waals surface area contributed by atoms with Gasteiger partial charge in [0.05, 0.1) is 12.1 Å². The summed E-state index contributed by atoms with van der Waals surface area (Å²) in [5, 5.41) is 19.7. The molecule has 0 aromatic carbocycles. The molecule has 23 heavy (non-hydrogen) atoms. The van der Waals surface area contributed by atoms with E-state index < -0.39 is 5.60 Å². The molecule has 0 aliphatic carbocycles. The Labute approximate surface area is 142 Å². The number of nitrogens with one attached hydrogen (secondary N) is 1. The van der Waals surface area contributed by atoms with Gasteiger partial charge in [0, 0.05) is 10.4 Å². The van der Waals surface area contributed by atoms with Crippen LogP contribution in [0.25, 0.3) is 0 Å². The van der Waals surface area contributed by atoms with Gasteiger partial charge in [0.1, 0.15) is 17.1 Å². The van der Waals surface area contributed by atoms with Crippen molar-refractivity contribution in [2.45, 2.75) is 19.4 Å². The third-order valence-corrected chi connectivity index (χ3v) is 5.42. The van der Waals surface area contributed by atoms with E-state index in [1.807, 2.05) is 34.3 Å². The molecular weight excluding hydrogens is 330 g/mol. The highest BCUT2D eigenvalue weighted by atomic mass is 32.1. The molecule has 0 fully saturated rings. The summed E-state index contributed by atoms with van der Waals surface area (Å²) in [5.74, 6) is 1.03. The Hall–Kier alpha value is -1.89. The number of aryl methyl sites for hydroxylation is 2. The van der Waals surface area contributed by atoms with Gasteiger partial charge >= 0.3 is 0 Å².